The topological polar surface area (TPSA) is 64.4 Å². The fourth-order valence-electron chi connectivity index (χ4n) is 1.50. The number of rotatable bonds is 6. The molecule has 0 aliphatic carbocycles. The number of nitrogens with one attached hydrogen (secondary N) is 1. The third kappa shape index (κ3) is 8.90. The van der Waals surface area contributed by atoms with Gasteiger partial charge in [-0.2, -0.15) is 0 Å². The molecule has 2 rings (SSSR count). The molecule has 0 aliphatic heterocycles. The smallest absolute Gasteiger partial charge is 0.218 e. The Balaban J connectivity index is 0.000000413. The molecule has 1 aromatic heterocycles. The molecule has 0 bridgehead atoms. The number of nitrogens with zero attached hydrogens (tertiary/aromatic N) is 1. The predicted octanol–water partition coefficient (Wildman–Crippen LogP) is 3.56. The minimum Gasteiger partial charge on any atom is -0.445 e. The fraction of sp³-hybridized carbons (Fsp3) is 0.368. The van der Waals surface area contributed by atoms with E-state index >= 15 is 0 Å². The second-order valence-corrected chi connectivity index (χ2v) is 6.06. The number of hydrogen-bond donors (Lipinski definition) is 1. The third-order valence-corrected chi connectivity index (χ3v) is 3.01. The molecule has 0 spiro atoms. The van der Waals surface area contributed by atoms with Gasteiger partial charge in [-0.3, -0.25) is 4.79 Å². The molecule has 1 amide bonds. The highest BCUT2D eigenvalue weighted by Crippen LogP contribution is 2.08. The summed E-state index contributed by atoms with van der Waals surface area (Å²) in [4.78, 5) is 14.4. The van der Waals surface area contributed by atoms with E-state index in [1.54, 1.807) is 13.4 Å². The molecule has 130 valence electrons. The van der Waals surface area contributed by atoms with Gasteiger partial charge in [0.25, 0.3) is 0 Å². The number of carbonyl (C=O) groups is 1. The molecule has 24 heavy (non-hydrogen) atoms. The number of benzene rings is 1. The van der Waals surface area contributed by atoms with Crippen molar-refractivity contribution in [3.05, 3.63) is 53.7 Å². The zero-order valence-electron chi connectivity index (χ0n) is 14.8. The maximum absolute atomic E-state index is 10.1. The highest BCUT2D eigenvalue weighted by atomic mass is 16.5. The molecule has 5 nitrogen and oxygen atoms in total. The van der Waals surface area contributed by atoms with Gasteiger partial charge in [-0.15, -0.1) is 0 Å². The predicted molar refractivity (Wildman–Crippen MR) is 96.4 cm³/mol. The lowest BCUT2D eigenvalue weighted by Crippen LogP contribution is -2.15. The van der Waals surface area contributed by atoms with Gasteiger partial charge in [0.05, 0.1) is 11.3 Å². The lowest BCUT2D eigenvalue weighted by atomic mass is 10.2. The molecular formula is C19H26N2O3. The quantitative estimate of drug-likeness (QED) is 0.650. The van der Waals surface area contributed by atoms with Crippen molar-refractivity contribution in [3.8, 4) is 0 Å². The average molecular weight is 330 g/mol. The van der Waals surface area contributed by atoms with E-state index in [0.717, 1.165) is 11.3 Å². The van der Waals surface area contributed by atoms with E-state index in [-0.39, 0.29) is 5.60 Å². The van der Waals surface area contributed by atoms with Crippen LogP contribution in [0.25, 0.3) is 12.2 Å². The van der Waals surface area contributed by atoms with Crippen molar-refractivity contribution < 1.29 is 13.9 Å². The molecule has 0 unspecified atom stereocenters. The van der Waals surface area contributed by atoms with Crippen molar-refractivity contribution in [2.75, 3.05) is 13.7 Å². The van der Waals surface area contributed by atoms with Crippen LogP contribution in [0, 0.1) is 0 Å². The first-order valence-electron chi connectivity index (χ1n) is 7.84. The van der Waals surface area contributed by atoms with Crippen LogP contribution in [0.2, 0.25) is 0 Å². The van der Waals surface area contributed by atoms with Crippen molar-refractivity contribution in [3.63, 3.8) is 0 Å². The van der Waals surface area contributed by atoms with Crippen LogP contribution in [0.3, 0.4) is 0 Å². The first kappa shape index (κ1) is 19.6. The van der Waals surface area contributed by atoms with E-state index in [0.29, 0.717) is 25.3 Å². The van der Waals surface area contributed by atoms with E-state index < -0.39 is 0 Å². The van der Waals surface area contributed by atoms with E-state index in [2.05, 4.69) is 10.3 Å². The maximum atomic E-state index is 10.1. The van der Waals surface area contributed by atoms with Gasteiger partial charge in [0.2, 0.25) is 12.3 Å². The van der Waals surface area contributed by atoms with Crippen molar-refractivity contribution >= 4 is 18.6 Å². The van der Waals surface area contributed by atoms with Crippen molar-refractivity contribution in [2.45, 2.75) is 32.8 Å². The lowest BCUT2D eigenvalue weighted by molar-refractivity contribution is -0.109. The highest BCUT2D eigenvalue weighted by molar-refractivity contribution is 5.65. The van der Waals surface area contributed by atoms with Crippen LogP contribution < -0.4 is 5.32 Å². The number of hydrogen-bond acceptors (Lipinski definition) is 4. The van der Waals surface area contributed by atoms with Gasteiger partial charge in [-0.1, -0.05) is 30.3 Å². The number of amides is 1. The van der Waals surface area contributed by atoms with Crippen LogP contribution >= 0.6 is 0 Å². The van der Waals surface area contributed by atoms with E-state index in [1.807, 2.05) is 63.3 Å². The zero-order valence-corrected chi connectivity index (χ0v) is 14.8. The number of carbonyl (C=O) groups excluding carboxylic acids is 1. The summed E-state index contributed by atoms with van der Waals surface area (Å²) in [7, 11) is 1.71. The molecule has 1 aromatic carbocycles. The van der Waals surface area contributed by atoms with Gasteiger partial charge in [0.1, 0.15) is 6.26 Å². The summed E-state index contributed by atoms with van der Waals surface area (Å²) >= 11 is 0. The molecule has 0 saturated carbocycles. The number of methoxy groups -OCH3 is 1. The molecule has 0 fully saturated rings. The Morgan fingerprint density at radius 1 is 1.21 bits per heavy atom. The Bertz CT molecular complexity index is 613. The fourth-order valence-corrected chi connectivity index (χ4v) is 1.50. The highest BCUT2D eigenvalue weighted by Gasteiger charge is 2.04. The van der Waals surface area contributed by atoms with E-state index in [9.17, 15) is 4.79 Å². The number of oxazole rings is 1. The molecule has 2 aromatic rings. The lowest BCUT2D eigenvalue weighted by Gasteiger charge is -2.14. The van der Waals surface area contributed by atoms with Crippen LogP contribution in [-0.4, -0.2) is 30.6 Å². The van der Waals surface area contributed by atoms with Crippen LogP contribution in [0.5, 0.6) is 0 Å². The van der Waals surface area contributed by atoms with Gasteiger partial charge >= 0.3 is 0 Å². The van der Waals surface area contributed by atoms with Crippen molar-refractivity contribution in [2.24, 2.45) is 0 Å². The normalized spacial score (nSPS) is 11.0. The summed E-state index contributed by atoms with van der Waals surface area (Å²) in [5.41, 5.74) is 1.97. The second kappa shape index (κ2) is 10.4. The van der Waals surface area contributed by atoms with Crippen molar-refractivity contribution in [1.29, 1.82) is 0 Å². The van der Waals surface area contributed by atoms with Gasteiger partial charge < -0.3 is 14.5 Å². The average Bonchev–Trinajstić information content (AvgIpc) is 3.02. The summed E-state index contributed by atoms with van der Waals surface area (Å²) in [5.74, 6) is 0.569. The first-order valence-corrected chi connectivity index (χ1v) is 7.84. The minimum atomic E-state index is 0.0417. The van der Waals surface area contributed by atoms with E-state index in [1.165, 1.54) is 0 Å². The molecule has 5 heteroatoms. The molecular weight excluding hydrogens is 304 g/mol. The van der Waals surface area contributed by atoms with Gasteiger partial charge in [0.15, 0.2) is 0 Å². The van der Waals surface area contributed by atoms with Crippen LogP contribution in [-0.2, 0) is 16.0 Å². The first-order chi connectivity index (χ1) is 11.4. The Labute approximate surface area is 143 Å². The molecule has 0 saturated heterocycles. The second-order valence-electron chi connectivity index (χ2n) is 6.06. The molecule has 0 aliphatic rings. The van der Waals surface area contributed by atoms with Crippen LogP contribution in [0.1, 0.15) is 37.9 Å². The van der Waals surface area contributed by atoms with Gasteiger partial charge in [0, 0.05) is 26.2 Å². The van der Waals surface area contributed by atoms with E-state index in [4.69, 9.17) is 9.15 Å². The monoisotopic (exact) mass is 330 g/mol. The summed E-state index contributed by atoms with van der Waals surface area (Å²) in [6.45, 7) is 6.63. The SMILES string of the molecule is COC(C)(C)C.O=CNCCc1coc(/C=C/c2ccccc2)n1. The van der Waals surface area contributed by atoms with Gasteiger partial charge in [-0.05, 0) is 32.4 Å². The molecule has 0 atom stereocenters. The Morgan fingerprint density at radius 2 is 1.88 bits per heavy atom. The zero-order chi connectivity index (χ0) is 17.8. The Morgan fingerprint density at radius 3 is 2.46 bits per heavy atom. The Hall–Kier alpha value is -2.40. The van der Waals surface area contributed by atoms with Crippen LogP contribution in [0.15, 0.2) is 41.0 Å². The number of aromatic nitrogens is 1. The van der Waals surface area contributed by atoms with Gasteiger partial charge in [-0.25, -0.2) is 4.98 Å². The standard InChI is InChI=1S/C14H14N2O2.C5H12O/c17-11-15-9-8-13-10-18-14(16-13)7-6-12-4-2-1-3-5-12;1-5(2,3)6-4/h1-7,10-11H,8-9H2,(H,15,17);1-4H3/b7-6+;. The number of ether oxygens (including phenoxy) is 1. The third-order valence-electron chi connectivity index (χ3n) is 3.01. The molecule has 1 heterocycles. The largest absolute Gasteiger partial charge is 0.445 e. The minimum absolute atomic E-state index is 0.0417. The molecule has 1 N–H and O–H groups in total. The van der Waals surface area contributed by atoms with Crippen molar-refractivity contribution in [1.82, 2.24) is 10.3 Å². The molecule has 0 radical (unpaired) electrons. The summed E-state index contributed by atoms with van der Waals surface area (Å²) in [5, 5.41) is 2.58. The van der Waals surface area contributed by atoms with Crippen LogP contribution in [0.4, 0.5) is 0 Å². The summed E-state index contributed by atoms with van der Waals surface area (Å²) in [6.07, 6.45) is 6.72. The summed E-state index contributed by atoms with van der Waals surface area (Å²) in [6, 6.07) is 9.95. The Kier molecular flexibility index (Phi) is 8.50. The maximum Gasteiger partial charge on any atom is 0.218 e. The summed E-state index contributed by atoms with van der Waals surface area (Å²) < 4.78 is 10.2.